The Hall–Kier alpha value is -7.06. The lowest BCUT2D eigenvalue weighted by Gasteiger charge is -2.22. The van der Waals surface area contributed by atoms with Crippen molar-refractivity contribution in [2.75, 3.05) is 0 Å². The second-order valence-electron chi connectivity index (χ2n) is 15.4. The summed E-state index contributed by atoms with van der Waals surface area (Å²) in [4.78, 5) is 0. The van der Waals surface area contributed by atoms with E-state index in [0.717, 1.165) is 90.2 Å². The number of aryl methyl sites for hydroxylation is 2. The average Bonchev–Trinajstić information content (AvgIpc) is 3.75. The van der Waals surface area contributed by atoms with Crippen LogP contribution in [-0.2, 0) is 12.4 Å². The minimum atomic E-state index is -4.94. The highest BCUT2D eigenvalue weighted by atomic mass is 19.4. The monoisotopic (exact) mass is 800 g/mol. The Bertz CT molecular complexity index is 3290. The smallest absolute Gasteiger partial charge is 0.307 e. The van der Waals surface area contributed by atoms with Gasteiger partial charge in [0.1, 0.15) is 0 Å². The molecule has 10 aromatic rings. The van der Waals surface area contributed by atoms with Crippen LogP contribution in [0.5, 0.6) is 0 Å². The fraction of sp³-hybridized carbons (Fsp3) is 0.0769. The van der Waals surface area contributed by atoms with Crippen LogP contribution in [0.4, 0.5) is 26.3 Å². The van der Waals surface area contributed by atoms with Crippen LogP contribution in [0.15, 0.2) is 170 Å². The van der Waals surface area contributed by atoms with Gasteiger partial charge >= 0.3 is 12.4 Å². The van der Waals surface area contributed by atoms with Gasteiger partial charge < -0.3 is 9.13 Å². The maximum atomic E-state index is 15.6. The molecule has 0 aliphatic heterocycles. The van der Waals surface area contributed by atoms with E-state index in [0.29, 0.717) is 16.7 Å². The number of hydrogen-bond acceptors (Lipinski definition) is 0. The van der Waals surface area contributed by atoms with Gasteiger partial charge in [-0.05, 0) is 95.8 Å². The summed E-state index contributed by atoms with van der Waals surface area (Å²) in [5, 5.41) is 3.43. The molecule has 0 aliphatic rings. The van der Waals surface area contributed by atoms with Crippen molar-refractivity contribution < 1.29 is 26.3 Å². The quantitative estimate of drug-likeness (QED) is 0.153. The predicted octanol–water partition coefficient (Wildman–Crippen LogP) is 15.5. The van der Waals surface area contributed by atoms with Gasteiger partial charge in [0.15, 0.2) is 0 Å². The molecule has 0 radical (unpaired) electrons. The molecule has 2 nitrogen and oxygen atoms in total. The van der Waals surface area contributed by atoms with Crippen LogP contribution in [0, 0.1) is 13.8 Å². The van der Waals surface area contributed by atoms with Crippen molar-refractivity contribution in [2.45, 2.75) is 26.2 Å². The lowest BCUT2D eigenvalue weighted by atomic mass is 9.95. The molecule has 0 aliphatic carbocycles. The molecule has 294 valence electrons. The molecule has 10 rings (SSSR count). The third kappa shape index (κ3) is 6.22. The van der Waals surface area contributed by atoms with Gasteiger partial charge in [0.25, 0.3) is 0 Å². The number of alkyl halides is 6. The molecule has 8 aromatic carbocycles. The number of para-hydroxylation sites is 2. The summed E-state index contributed by atoms with van der Waals surface area (Å²) < 4.78 is 93.3. The highest BCUT2D eigenvalue weighted by molar-refractivity contribution is 6.12. The number of benzene rings is 8. The second kappa shape index (κ2) is 13.8. The molecule has 0 fully saturated rings. The first-order chi connectivity index (χ1) is 28.8. The number of hydrogen-bond donors (Lipinski definition) is 0. The van der Waals surface area contributed by atoms with E-state index in [1.54, 1.807) is 0 Å². The summed E-state index contributed by atoms with van der Waals surface area (Å²) in [5.74, 6) is 0. The largest absolute Gasteiger partial charge is 0.417 e. The van der Waals surface area contributed by atoms with Crippen LogP contribution in [0.1, 0.15) is 22.3 Å². The van der Waals surface area contributed by atoms with E-state index >= 15 is 13.2 Å². The maximum absolute atomic E-state index is 15.6. The van der Waals surface area contributed by atoms with E-state index in [4.69, 9.17) is 0 Å². The van der Waals surface area contributed by atoms with Crippen LogP contribution in [-0.4, -0.2) is 9.13 Å². The molecular formula is C52H34F6N2. The van der Waals surface area contributed by atoms with Gasteiger partial charge in [-0.1, -0.05) is 132 Å². The van der Waals surface area contributed by atoms with E-state index in [1.807, 2.05) is 156 Å². The summed E-state index contributed by atoms with van der Waals surface area (Å²) in [6.45, 7) is 4.02. The first-order valence-corrected chi connectivity index (χ1v) is 19.5. The fourth-order valence-electron chi connectivity index (χ4n) is 8.58. The minimum absolute atomic E-state index is 0.199. The third-order valence-corrected chi connectivity index (χ3v) is 11.5. The lowest BCUT2D eigenvalue weighted by molar-refractivity contribution is -0.137. The van der Waals surface area contributed by atoms with Gasteiger partial charge in [0.2, 0.25) is 0 Å². The number of halogens is 6. The third-order valence-electron chi connectivity index (χ3n) is 11.5. The molecule has 0 unspecified atom stereocenters. The molecule has 0 atom stereocenters. The standard InChI is InChI=1S/C52H34F6N2/c1-31-14-18-33(19-15-31)35-22-24-41-39-10-3-5-12-45(39)59(47(41)27-35)49-29-43(37-8-7-9-38(26-37)51(53,54)55)44(52(56,57)58)30-50(49)60-46-13-6-4-11-40(46)42-25-23-36(28-48(42)60)34-20-16-32(2)17-21-34/h3-30H,1-2H3. The van der Waals surface area contributed by atoms with Crippen molar-refractivity contribution in [1.29, 1.82) is 0 Å². The normalized spacial score (nSPS) is 12.3. The van der Waals surface area contributed by atoms with Crippen molar-refractivity contribution in [1.82, 2.24) is 9.13 Å². The summed E-state index contributed by atoms with van der Waals surface area (Å²) in [7, 11) is 0. The first kappa shape index (κ1) is 37.2. The highest BCUT2D eigenvalue weighted by Gasteiger charge is 2.37. The number of nitrogens with zero attached hydrogens (tertiary/aromatic N) is 2. The van der Waals surface area contributed by atoms with Gasteiger partial charge in [-0.15, -0.1) is 0 Å². The summed E-state index contributed by atoms with van der Waals surface area (Å²) in [6.07, 6.45) is -9.71. The van der Waals surface area contributed by atoms with E-state index in [9.17, 15) is 13.2 Å². The molecular weight excluding hydrogens is 767 g/mol. The van der Waals surface area contributed by atoms with Crippen LogP contribution in [0.25, 0.3) is 88.4 Å². The van der Waals surface area contributed by atoms with E-state index < -0.39 is 23.5 Å². The van der Waals surface area contributed by atoms with Crippen molar-refractivity contribution in [3.05, 3.63) is 192 Å². The van der Waals surface area contributed by atoms with Gasteiger partial charge in [-0.3, -0.25) is 0 Å². The van der Waals surface area contributed by atoms with Crippen LogP contribution < -0.4 is 0 Å². The Labute approximate surface area is 341 Å². The molecule has 2 heterocycles. The van der Waals surface area contributed by atoms with Gasteiger partial charge in [0.05, 0.1) is 44.6 Å². The molecule has 0 amide bonds. The van der Waals surface area contributed by atoms with Crippen molar-refractivity contribution in [2.24, 2.45) is 0 Å². The van der Waals surface area contributed by atoms with Gasteiger partial charge in [-0.25, -0.2) is 0 Å². The maximum Gasteiger partial charge on any atom is 0.417 e. The molecule has 0 saturated carbocycles. The van der Waals surface area contributed by atoms with Crippen molar-refractivity contribution in [3.63, 3.8) is 0 Å². The minimum Gasteiger partial charge on any atom is -0.307 e. The number of aromatic nitrogens is 2. The Morgan fingerprint density at radius 1 is 0.350 bits per heavy atom. The van der Waals surface area contributed by atoms with E-state index in [2.05, 4.69) is 0 Å². The molecule has 0 saturated heterocycles. The Morgan fingerprint density at radius 2 is 0.800 bits per heavy atom. The molecule has 8 heteroatoms. The fourth-order valence-corrected chi connectivity index (χ4v) is 8.58. The molecule has 0 bridgehead atoms. The van der Waals surface area contributed by atoms with Crippen molar-refractivity contribution >= 4 is 43.6 Å². The Balaban J connectivity index is 1.37. The van der Waals surface area contributed by atoms with Crippen LogP contribution in [0.2, 0.25) is 0 Å². The number of fused-ring (bicyclic) bond motifs is 6. The van der Waals surface area contributed by atoms with Gasteiger partial charge in [0, 0.05) is 21.5 Å². The zero-order chi connectivity index (χ0) is 41.5. The van der Waals surface area contributed by atoms with Crippen molar-refractivity contribution in [3.8, 4) is 44.8 Å². The number of rotatable bonds is 5. The highest BCUT2D eigenvalue weighted by Crippen LogP contribution is 2.46. The Morgan fingerprint density at radius 3 is 1.28 bits per heavy atom. The predicted molar refractivity (Wildman–Crippen MR) is 231 cm³/mol. The zero-order valence-corrected chi connectivity index (χ0v) is 32.3. The van der Waals surface area contributed by atoms with E-state index in [1.165, 1.54) is 12.1 Å². The lowest BCUT2D eigenvalue weighted by Crippen LogP contribution is -2.12. The molecule has 2 aromatic heterocycles. The second-order valence-corrected chi connectivity index (χ2v) is 15.4. The summed E-state index contributed by atoms with van der Waals surface area (Å²) >= 11 is 0. The summed E-state index contributed by atoms with van der Waals surface area (Å²) in [6, 6.07) is 50.2. The SMILES string of the molecule is Cc1ccc(-c2ccc3c4ccccc4n(-c4cc(-c5cccc(C(F)(F)F)c5)c(C(F)(F)F)cc4-n4c5ccccc5c5ccc(-c6ccc(C)cc6)cc54)c3c2)cc1. The van der Waals surface area contributed by atoms with E-state index in [-0.39, 0.29) is 16.8 Å². The first-order valence-electron chi connectivity index (χ1n) is 19.5. The zero-order valence-electron chi connectivity index (χ0n) is 32.3. The van der Waals surface area contributed by atoms with Crippen LogP contribution in [0.3, 0.4) is 0 Å². The molecule has 60 heavy (non-hydrogen) atoms. The molecule has 0 spiro atoms. The summed E-state index contributed by atoms with van der Waals surface area (Å²) in [5.41, 5.74) is 6.61. The van der Waals surface area contributed by atoms with Crippen LogP contribution >= 0.6 is 0 Å². The average molecular weight is 801 g/mol. The Kier molecular flexibility index (Phi) is 8.54. The molecule has 0 N–H and O–H groups in total. The van der Waals surface area contributed by atoms with Gasteiger partial charge in [-0.2, -0.15) is 26.3 Å². The topological polar surface area (TPSA) is 9.86 Å².